The van der Waals surface area contributed by atoms with Crippen LogP contribution in [0.15, 0.2) is 0 Å². The smallest absolute Gasteiger partial charge is 0.0967 e. The first kappa shape index (κ1) is 14.8. The third-order valence-corrected chi connectivity index (χ3v) is 4.32. The summed E-state index contributed by atoms with van der Waals surface area (Å²) in [5.74, 6) is 0.720. The predicted molar refractivity (Wildman–Crippen MR) is 78.8 cm³/mol. The Morgan fingerprint density at radius 2 is 1.89 bits per heavy atom. The van der Waals surface area contributed by atoms with Crippen LogP contribution < -0.4 is 5.32 Å². The first-order valence-electron chi connectivity index (χ1n) is 8.08. The minimum Gasteiger partial charge on any atom is -0.300 e. The fraction of sp³-hybridized carbons (Fsp3) is 0.938. The summed E-state index contributed by atoms with van der Waals surface area (Å²) in [5.41, 5.74) is 0. The van der Waals surface area contributed by atoms with Crippen molar-refractivity contribution >= 4 is 0 Å². The highest BCUT2D eigenvalue weighted by atomic mass is 15.2. The van der Waals surface area contributed by atoms with Gasteiger partial charge in [-0.3, -0.25) is 5.32 Å². The number of rotatable bonds is 8. The van der Waals surface area contributed by atoms with E-state index in [1.807, 2.05) is 0 Å². The van der Waals surface area contributed by atoms with Crippen molar-refractivity contribution in [3.8, 4) is 6.07 Å². The molecule has 3 heteroatoms. The van der Waals surface area contributed by atoms with Crippen molar-refractivity contribution in [1.82, 2.24) is 10.2 Å². The average molecular weight is 263 g/mol. The molecule has 1 unspecified atom stereocenters. The molecular weight excluding hydrogens is 234 g/mol. The maximum atomic E-state index is 9.23. The molecule has 0 bridgehead atoms. The van der Waals surface area contributed by atoms with Crippen LogP contribution in [-0.2, 0) is 0 Å². The molecule has 108 valence electrons. The molecule has 0 radical (unpaired) electrons. The first-order chi connectivity index (χ1) is 9.19. The third-order valence-electron chi connectivity index (χ3n) is 4.32. The Balaban J connectivity index is 1.78. The van der Waals surface area contributed by atoms with E-state index in [0.29, 0.717) is 6.04 Å². The normalized spacial score (nSPS) is 22.1. The van der Waals surface area contributed by atoms with Gasteiger partial charge in [-0.1, -0.05) is 26.7 Å². The van der Waals surface area contributed by atoms with Crippen LogP contribution >= 0.6 is 0 Å². The molecule has 2 fully saturated rings. The van der Waals surface area contributed by atoms with Crippen molar-refractivity contribution in [2.45, 2.75) is 76.9 Å². The van der Waals surface area contributed by atoms with Crippen molar-refractivity contribution in [1.29, 1.82) is 5.26 Å². The van der Waals surface area contributed by atoms with Gasteiger partial charge in [-0.2, -0.15) is 5.26 Å². The number of hydrogen-bond donors (Lipinski definition) is 1. The molecule has 0 aromatic heterocycles. The highest BCUT2D eigenvalue weighted by Gasteiger charge is 2.26. The van der Waals surface area contributed by atoms with E-state index in [-0.39, 0.29) is 6.04 Å². The molecule has 0 aromatic carbocycles. The Morgan fingerprint density at radius 1 is 1.21 bits per heavy atom. The summed E-state index contributed by atoms with van der Waals surface area (Å²) in [6.07, 6.45) is 9.01. The first-order valence-corrected chi connectivity index (χ1v) is 8.08. The highest BCUT2D eigenvalue weighted by Crippen LogP contribution is 2.25. The fourth-order valence-electron chi connectivity index (χ4n) is 3.18. The summed E-state index contributed by atoms with van der Waals surface area (Å²) < 4.78 is 0. The van der Waals surface area contributed by atoms with Crippen LogP contribution in [0.1, 0.15) is 58.8 Å². The van der Waals surface area contributed by atoms with Crippen LogP contribution in [0.25, 0.3) is 0 Å². The SMILES string of the molecule is CC(C)CN(CCC(C#N)NC1CC1)C1CCCC1. The second kappa shape index (κ2) is 7.26. The molecule has 3 nitrogen and oxygen atoms in total. The molecule has 0 aliphatic heterocycles. The quantitative estimate of drug-likeness (QED) is 0.732. The molecule has 0 aromatic rings. The zero-order valence-electron chi connectivity index (χ0n) is 12.6. The van der Waals surface area contributed by atoms with Gasteiger partial charge in [0.2, 0.25) is 0 Å². The van der Waals surface area contributed by atoms with E-state index in [0.717, 1.165) is 24.9 Å². The summed E-state index contributed by atoms with van der Waals surface area (Å²) in [5, 5.41) is 12.7. The Bertz CT molecular complexity index is 298. The van der Waals surface area contributed by atoms with Crippen molar-refractivity contribution in [3.05, 3.63) is 0 Å². The minimum absolute atomic E-state index is 0.0589. The van der Waals surface area contributed by atoms with Crippen LogP contribution in [-0.4, -0.2) is 36.1 Å². The van der Waals surface area contributed by atoms with Crippen LogP contribution in [0.4, 0.5) is 0 Å². The van der Waals surface area contributed by atoms with Gasteiger partial charge in [0, 0.05) is 25.2 Å². The summed E-state index contributed by atoms with van der Waals surface area (Å²) in [4.78, 5) is 2.65. The average Bonchev–Trinajstić information content (AvgIpc) is 3.03. The minimum atomic E-state index is 0.0589. The second-order valence-electron chi connectivity index (χ2n) is 6.74. The van der Waals surface area contributed by atoms with Crippen molar-refractivity contribution in [3.63, 3.8) is 0 Å². The Labute approximate surface area is 118 Å². The molecule has 2 saturated carbocycles. The van der Waals surface area contributed by atoms with E-state index in [9.17, 15) is 5.26 Å². The van der Waals surface area contributed by atoms with Gasteiger partial charge in [-0.25, -0.2) is 0 Å². The van der Waals surface area contributed by atoms with Crippen molar-refractivity contribution < 1.29 is 0 Å². The lowest BCUT2D eigenvalue weighted by Gasteiger charge is -2.31. The summed E-state index contributed by atoms with van der Waals surface area (Å²) in [6.45, 7) is 6.87. The summed E-state index contributed by atoms with van der Waals surface area (Å²) >= 11 is 0. The van der Waals surface area contributed by atoms with Gasteiger partial charge < -0.3 is 4.90 Å². The van der Waals surface area contributed by atoms with Crippen molar-refractivity contribution in [2.24, 2.45) is 5.92 Å². The van der Waals surface area contributed by atoms with Gasteiger partial charge >= 0.3 is 0 Å². The maximum Gasteiger partial charge on any atom is 0.0967 e. The molecule has 1 atom stereocenters. The molecule has 1 N–H and O–H groups in total. The lowest BCUT2D eigenvalue weighted by atomic mass is 10.1. The maximum absolute atomic E-state index is 9.23. The molecule has 19 heavy (non-hydrogen) atoms. The number of nitrogens with one attached hydrogen (secondary N) is 1. The van der Waals surface area contributed by atoms with E-state index in [1.54, 1.807) is 0 Å². The number of nitrogens with zero attached hydrogens (tertiary/aromatic N) is 2. The molecule has 0 saturated heterocycles. The molecule has 2 rings (SSSR count). The molecule has 2 aliphatic carbocycles. The molecule has 0 amide bonds. The van der Waals surface area contributed by atoms with E-state index < -0.39 is 0 Å². The second-order valence-corrected chi connectivity index (χ2v) is 6.74. The predicted octanol–water partition coefficient (Wildman–Crippen LogP) is 2.92. The third kappa shape index (κ3) is 5.12. The van der Waals surface area contributed by atoms with Crippen LogP contribution in [0.5, 0.6) is 0 Å². The van der Waals surface area contributed by atoms with E-state index >= 15 is 0 Å². The molecule has 2 aliphatic rings. The number of nitriles is 1. The fourth-order valence-corrected chi connectivity index (χ4v) is 3.18. The van der Waals surface area contributed by atoms with Gasteiger partial charge in [0.1, 0.15) is 0 Å². The van der Waals surface area contributed by atoms with Crippen LogP contribution in [0.3, 0.4) is 0 Å². The standard InChI is InChI=1S/C16H29N3/c1-13(2)12-19(16-5-3-4-6-16)10-9-15(11-17)18-14-7-8-14/h13-16,18H,3-10,12H2,1-2H3. The lowest BCUT2D eigenvalue weighted by Crippen LogP contribution is -2.40. The van der Waals surface area contributed by atoms with Gasteiger partial charge in [-0.05, 0) is 38.0 Å². The molecular formula is C16H29N3. The van der Waals surface area contributed by atoms with Gasteiger partial charge in [-0.15, -0.1) is 0 Å². The Hall–Kier alpha value is -0.590. The van der Waals surface area contributed by atoms with E-state index in [1.165, 1.54) is 45.1 Å². The highest BCUT2D eigenvalue weighted by molar-refractivity contribution is 4.96. The largest absolute Gasteiger partial charge is 0.300 e. The zero-order valence-corrected chi connectivity index (χ0v) is 12.6. The van der Waals surface area contributed by atoms with Gasteiger partial charge in [0.05, 0.1) is 12.1 Å². The Morgan fingerprint density at radius 3 is 2.42 bits per heavy atom. The number of hydrogen-bond acceptors (Lipinski definition) is 3. The van der Waals surface area contributed by atoms with E-state index in [2.05, 4.69) is 30.1 Å². The van der Waals surface area contributed by atoms with Crippen molar-refractivity contribution in [2.75, 3.05) is 13.1 Å². The van der Waals surface area contributed by atoms with Crippen LogP contribution in [0, 0.1) is 17.2 Å². The van der Waals surface area contributed by atoms with E-state index in [4.69, 9.17) is 0 Å². The van der Waals surface area contributed by atoms with Gasteiger partial charge in [0.15, 0.2) is 0 Å². The van der Waals surface area contributed by atoms with Gasteiger partial charge in [0.25, 0.3) is 0 Å². The Kier molecular flexibility index (Phi) is 5.66. The van der Waals surface area contributed by atoms with Crippen LogP contribution in [0.2, 0.25) is 0 Å². The zero-order chi connectivity index (χ0) is 13.7. The molecule has 0 spiro atoms. The topological polar surface area (TPSA) is 39.1 Å². The monoisotopic (exact) mass is 263 g/mol. The summed E-state index contributed by atoms with van der Waals surface area (Å²) in [7, 11) is 0. The summed E-state index contributed by atoms with van der Waals surface area (Å²) in [6, 6.07) is 3.91. The molecule has 0 heterocycles. The lowest BCUT2D eigenvalue weighted by molar-refractivity contribution is 0.171.